The lowest BCUT2D eigenvalue weighted by atomic mass is 10.0. The molecule has 1 fully saturated rings. The summed E-state index contributed by atoms with van der Waals surface area (Å²) in [5, 5.41) is 0.684. The summed E-state index contributed by atoms with van der Waals surface area (Å²) in [6, 6.07) is 9.49. The molecule has 3 unspecified atom stereocenters. The summed E-state index contributed by atoms with van der Waals surface area (Å²) in [7, 11) is 0. The number of hydrogen-bond acceptors (Lipinski definition) is 3. The van der Waals surface area contributed by atoms with Gasteiger partial charge in [-0.1, -0.05) is 35.0 Å². The number of rotatable bonds is 3. The maximum absolute atomic E-state index is 6.02. The molecule has 3 atom stereocenters. The predicted octanol–water partition coefficient (Wildman–Crippen LogP) is 3.27. The second-order valence-electron chi connectivity index (χ2n) is 4.86. The Labute approximate surface area is 122 Å². The molecule has 2 rings (SSSR count). The number of nitrogens with zero attached hydrogens (tertiary/aromatic N) is 1. The van der Waals surface area contributed by atoms with Crippen molar-refractivity contribution in [1.29, 1.82) is 0 Å². The average Bonchev–Trinajstić information content (AvgIpc) is 2.37. The van der Waals surface area contributed by atoms with Gasteiger partial charge in [0.1, 0.15) is 0 Å². The average molecular weight is 329 g/mol. The minimum Gasteiger partial charge on any atom is -0.329 e. The molecular weight excluding hydrogens is 308 g/mol. The van der Waals surface area contributed by atoms with Gasteiger partial charge < -0.3 is 5.73 Å². The maximum Gasteiger partial charge on any atom is 0.0474 e. The second-order valence-corrected chi connectivity index (χ2v) is 7.26. The van der Waals surface area contributed by atoms with Crippen LogP contribution in [0.3, 0.4) is 0 Å². The van der Waals surface area contributed by atoms with Crippen LogP contribution >= 0.6 is 27.7 Å². The molecule has 18 heavy (non-hydrogen) atoms. The van der Waals surface area contributed by atoms with E-state index in [1.54, 1.807) is 0 Å². The van der Waals surface area contributed by atoms with E-state index in [-0.39, 0.29) is 0 Å². The fourth-order valence-electron chi connectivity index (χ4n) is 2.54. The summed E-state index contributed by atoms with van der Waals surface area (Å²) >= 11 is 5.55. The molecule has 100 valence electrons. The van der Waals surface area contributed by atoms with Gasteiger partial charge in [0.15, 0.2) is 0 Å². The van der Waals surface area contributed by atoms with Crippen molar-refractivity contribution in [1.82, 2.24) is 4.90 Å². The van der Waals surface area contributed by atoms with Gasteiger partial charge in [-0.2, -0.15) is 11.8 Å². The Balaban J connectivity index is 2.19. The Morgan fingerprint density at radius 1 is 1.39 bits per heavy atom. The van der Waals surface area contributed by atoms with Crippen molar-refractivity contribution >= 4 is 27.7 Å². The molecule has 1 saturated heterocycles. The zero-order valence-corrected chi connectivity index (χ0v) is 13.4. The first-order valence-electron chi connectivity index (χ1n) is 6.46. The Morgan fingerprint density at radius 2 is 2.06 bits per heavy atom. The third-order valence-corrected chi connectivity index (χ3v) is 5.68. The van der Waals surface area contributed by atoms with Crippen LogP contribution in [0.1, 0.15) is 25.5 Å². The molecule has 0 radical (unpaired) electrons. The van der Waals surface area contributed by atoms with Gasteiger partial charge in [-0.05, 0) is 24.6 Å². The molecule has 1 aliphatic rings. The monoisotopic (exact) mass is 328 g/mol. The van der Waals surface area contributed by atoms with Gasteiger partial charge in [-0.15, -0.1) is 0 Å². The number of thioether (sulfide) groups is 1. The molecule has 4 heteroatoms. The van der Waals surface area contributed by atoms with Crippen molar-refractivity contribution in [3.63, 3.8) is 0 Å². The highest BCUT2D eigenvalue weighted by molar-refractivity contribution is 9.10. The van der Waals surface area contributed by atoms with Crippen LogP contribution in [0.2, 0.25) is 0 Å². The summed E-state index contributed by atoms with van der Waals surface area (Å²) in [5.74, 6) is 1.21. The van der Waals surface area contributed by atoms with E-state index in [0.717, 1.165) is 11.0 Å². The van der Waals surface area contributed by atoms with Crippen molar-refractivity contribution in [2.45, 2.75) is 31.2 Å². The van der Waals surface area contributed by atoms with Gasteiger partial charge in [0.05, 0.1) is 0 Å². The Hall–Kier alpha value is -0.0300. The number of halogens is 1. The SMILES string of the molecule is CC1SCCN(C(CN)c2ccc(Br)cc2)C1C. The highest BCUT2D eigenvalue weighted by atomic mass is 79.9. The van der Waals surface area contributed by atoms with Crippen LogP contribution < -0.4 is 5.73 Å². The van der Waals surface area contributed by atoms with Crippen molar-refractivity contribution in [2.24, 2.45) is 5.73 Å². The van der Waals surface area contributed by atoms with Crippen LogP contribution in [-0.2, 0) is 0 Å². The van der Waals surface area contributed by atoms with E-state index in [1.165, 1.54) is 11.3 Å². The first kappa shape index (κ1) is 14.4. The largest absolute Gasteiger partial charge is 0.329 e. The quantitative estimate of drug-likeness (QED) is 0.923. The van der Waals surface area contributed by atoms with Crippen molar-refractivity contribution in [2.75, 3.05) is 18.8 Å². The van der Waals surface area contributed by atoms with Gasteiger partial charge in [-0.3, -0.25) is 4.90 Å². The molecule has 0 spiro atoms. The van der Waals surface area contributed by atoms with Gasteiger partial charge >= 0.3 is 0 Å². The second kappa shape index (κ2) is 6.42. The van der Waals surface area contributed by atoms with E-state index in [0.29, 0.717) is 23.9 Å². The summed E-state index contributed by atoms with van der Waals surface area (Å²) in [6.07, 6.45) is 0. The van der Waals surface area contributed by atoms with Gasteiger partial charge in [0.25, 0.3) is 0 Å². The van der Waals surface area contributed by atoms with E-state index >= 15 is 0 Å². The van der Waals surface area contributed by atoms with E-state index < -0.39 is 0 Å². The van der Waals surface area contributed by atoms with Gasteiger partial charge in [0, 0.05) is 40.6 Å². The summed E-state index contributed by atoms with van der Waals surface area (Å²) in [4.78, 5) is 2.56. The maximum atomic E-state index is 6.02. The highest BCUT2D eigenvalue weighted by Gasteiger charge is 2.30. The summed E-state index contributed by atoms with van der Waals surface area (Å²) < 4.78 is 1.12. The zero-order valence-electron chi connectivity index (χ0n) is 11.0. The molecule has 1 aromatic rings. The van der Waals surface area contributed by atoms with E-state index in [4.69, 9.17) is 5.73 Å². The van der Waals surface area contributed by atoms with Crippen LogP contribution in [0.5, 0.6) is 0 Å². The summed E-state index contributed by atoms with van der Waals surface area (Å²) in [6.45, 7) is 6.45. The Kier molecular flexibility index (Phi) is 5.13. The molecule has 1 aromatic carbocycles. The smallest absolute Gasteiger partial charge is 0.0474 e. The van der Waals surface area contributed by atoms with Crippen LogP contribution in [0.15, 0.2) is 28.7 Å². The minimum absolute atomic E-state index is 0.344. The Morgan fingerprint density at radius 3 is 2.67 bits per heavy atom. The van der Waals surface area contributed by atoms with E-state index in [9.17, 15) is 0 Å². The molecule has 0 aliphatic carbocycles. The zero-order chi connectivity index (χ0) is 13.1. The summed E-state index contributed by atoms with van der Waals surface area (Å²) in [5.41, 5.74) is 7.35. The molecule has 1 aliphatic heterocycles. The molecule has 0 bridgehead atoms. The number of hydrogen-bond donors (Lipinski definition) is 1. The van der Waals surface area contributed by atoms with E-state index in [2.05, 4.69) is 70.7 Å². The lowest BCUT2D eigenvalue weighted by Gasteiger charge is -2.42. The molecule has 1 heterocycles. The third-order valence-electron chi connectivity index (χ3n) is 3.81. The molecule has 0 amide bonds. The van der Waals surface area contributed by atoms with Crippen LogP contribution in [0.4, 0.5) is 0 Å². The Bertz CT molecular complexity index is 382. The lowest BCUT2D eigenvalue weighted by molar-refractivity contribution is 0.150. The third kappa shape index (κ3) is 3.10. The lowest BCUT2D eigenvalue weighted by Crippen LogP contribution is -2.48. The predicted molar refractivity (Wildman–Crippen MR) is 84.0 cm³/mol. The van der Waals surface area contributed by atoms with Crippen molar-refractivity contribution in [3.05, 3.63) is 34.3 Å². The van der Waals surface area contributed by atoms with Crippen LogP contribution in [-0.4, -0.2) is 35.0 Å². The highest BCUT2D eigenvalue weighted by Crippen LogP contribution is 2.31. The van der Waals surface area contributed by atoms with Crippen LogP contribution in [0, 0.1) is 0 Å². The molecule has 0 aromatic heterocycles. The molecule has 0 saturated carbocycles. The molecule has 2 nitrogen and oxygen atoms in total. The van der Waals surface area contributed by atoms with Gasteiger partial charge in [-0.25, -0.2) is 0 Å². The first-order chi connectivity index (χ1) is 8.63. The van der Waals surface area contributed by atoms with Gasteiger partial charge in [0.2, 0.25) is 0 Å². The normalized spacial score (nSPS) is 27.1. The van der Waals surface area contributed by atoms with Crippen molar-refractivity contribution < 1.29 is 0 Å². The number of benzene rings is 1. The number of nitrogens with two attached hydrogens (primary N) is 1. The first-order valence-corrected chi connectivity index (χ1v) is 8.30. The minimum atomic E-state index is 0.344. The van der Waals surface area contributed by atoms with Crippen molar-refractivity contribution in [3.8, 4) is 0 Å². The molecule has 2 N–H and O–H groups in total. The fraction of sp³-hybridized carbons (Fsp3) is 0.571. The molecular formula is C14H21BrN2S. The van der Waals surface area contributed by atoms with E-state index in [1.807, 2.05) is 0 Å². The van der Waals surface area contributed by atoms with Crippen LogP contribution in [0.25, 0.3) is 0 Å². The standard InChI is InChI=1S/C14H21BrN2S/c1-10-11(2)18-8-7-17(10)14(9-16)12-3-5-13(15)6-4-12/h3-6,10-11,14H,7-9,16H2,1-2H3. The topological polar surface area (TPSA) is 29.3 Å². The fourth-order valence-corrected chi connectivity index (χ4v) is 3.93.